The third-order valence-electron chi connectivity index (χ3n) is 2.06. The molecule has 2 rings (SSSR count). The van der Waals surface area contributed by atoms with Gasteiger partial charge in [-0.3, -0.25) is 0 Å². The molecule has 0 saturated heterocycles. The Bertz CT molecular complexity index is 498. The number of aromatic nitrogens is 3. The van der Waals surface area contributed by atoms with E-state index in [4.69, 9.17) is 0 Å². The van der Waals surface area contributed by atoms with Gasteiger partial charge in [0.05, 0.1) is 0 Å². The van der Waals surface area contributed by atoms with Crippen LogP contribution in [0.25, 0.3) is 0 Å². The summed E-state index contributed by atoms with van der Waals surface area (Å²) in [4.78, 5) is 9.50. The molecule has 2 aromatic heterocycles. The van der Waals surface area contributed by atoms with Crippen molar-refractivity contribution >= 4 is 17.4 Å². The highest BCUT2D eigenvalue weighted by Crippen LogP contribution is 2.04. The largest absolute Gasteiger partial charge is 0.304 e. The van der Waals surface area contributed by atoms with Crippen molar-refractivity contribution in [3.05, 3.63) is 35.0 Å². The average Bonchev–Trinajstić information content (AvgIpc) is 2.61. The molecule has 0 aliphatic heterocycles. The molecule has 0 radical (unpaired) electrons. The van der Waals surface area contributed by atoms with Crippen molar-refractivity contribution in [1.82, 2.24) is 13.9 Å². The molecular weight excluding hydrogens is 208 g/mol. The van der Waals surface area contributed by atoms with Crippen LogP contribution in [0.3, 0.4) is 0 Å². The van der Waals surface area contributed by atoms with Gasteiger partial charge in [0.25, 0.3) is 0 Å². The Balaban J connectivity index is 2.50. The normalized spacial score (nSPS) is 12.0. The zero-order chi connectivity index (χ0) is 10.7. The summed E-state index contributed by atoms with van der Waals surface area (Å²) < 4.78 is 6.34. The summed E-state index contributed by atoms with van der Waals surface area (Å²) in [5.41, 5.74) is 0. The van der Waals surface area contributed by atoms with Crippen LogP contribution in [0, 0.1) is 6.92 Å². The fourth-order valence-corrected chi connectivity index (χ4v) is 2.11. The lowest BCUT2D eigenvalue weighted by atomic mass is 10.5. The van der Waals surface area contributed by atoms with Crippen molar-refractivity contribution in [3.8, 4) is 0 Å². The maximum absolute atomic E-state index is 4.44. The Kier molecular flexibility index (Phi) is 2.91. The molecule has 0 aliphatic rings. The minimum atomic E-state index is 0.725. The van der Waals surface area contributed by atoms with Gasteiger partial charge in [-0.1, -0.05) is 6.07 Å². The summed E-state index contributed by atoms with van der Waals surface area (Å²) in [6.07, 6.45) is 1.74. The smallest absolute Gasteiger partial charge is 0.210 e. The van der Waals surface area contributed by atoms with E-state index < -0.39 is 0 Å². The van der Waals surface area contributed by atoms with E-state index in [1.807, 2.05) is 25.1 Å². The molecule has 0 unspecified atom stereocenters. The first kappa shape index (κ1) is 10.0. The maximum atomic E-state index is 4.44. The highest BCUT2D eigenvalue weighted by atomic mass is 32.1. The van der Waals surface area contributed by atoms with E-state index in [1.165, 1.54) is 11.5 Å². The van der Waals surface area contributed by atoms with Gasteiger partial charge in [0.15, 0.2) is 5.82 Å². The molecular formula is C10H12N4S. The molecule has 5 heteroatoms. The number of pyridine rings is 1. The Labute approximate surface area is 92.1 Å². The summed E-state index contributed by atoms with van der Waals surface area (Å²) in [6.45, 7) is 4.95. The van der Waals surface area contributed by atoms with E-state index in [1.54, 1.807) is 6.20 Å². The minimum absolute atomic E-state index is 0.725. The van der Waals surface area contributed by atoms with E-state index in [2.05, 4.69) is 25.8 Å². The highest BCUT2D eigenvalue weighted by Gasteiger charge is 1.99. The Hall–Kier alpha value is -1.49. The second-order valence-electron chi connectivity index (χ2n) is 3.06. The van der Waals surface area contributed by atoms with Gasteiger partial charge in [-0.2, -0.15) is 9.37 Å². The molecule has 0 saturated carbocycles. The molecule has 0 aromatic carbocycles. The van der Waals surface area contributed by atoms with Crippen LogP contribution in [0.15, 0.2) is 29.4 Å². The SMILES string of the molecule is CCn1c(C)ns/c1=N/c1ccccn1. The van der Waals surface area contributed by atoms with Crippen molar-refractivity contribution in [2.24, 2.45) is 4.99 Å². The van der Waals surface area contributed by atoms with Crippen LogP contribution in [0.5, 0.6) is 0 Å². The molecule has 2 heterocycles. The minimum Gasteiger partial charge on any atom is -0.304 e. The summed E-state index contributed by atoms with van der Waals surface area (Å²) in [7, 11) is 0. The number of nitrogens with zero attached hydrogens (tertiary/aromatic N) is 4. The topological polar surface area (TPSA) is 43.1 Å². The molecule has 0 spiro atoms. The van der Waals surface area contributed by atoms with Crippen LogP contribution in [-0.2, 0) is 6.54 Å². The third-order valence-corrected chi connectivity index (χ3v) is 2.89. The van der Waals surface area contributed by atoms with Gasteiger partial charge >= 0.3 is 0 Å². The highest BCUT2D eigenvalue weighted by molar-refractivity contribution is 7.02. The van der Waals surface area contributed by atoms with Crippen LogP contribution < -0.4 is 4.80 Å². The molecule has 4 nitrogen and oxygen atoms in total. The molecule has 0 fully saturated rings. The third kappa shape index (κ3) is 2.12. The Morgan fingerprint density at radius 3 is 3.00 bits per heavy atom. The van der Waals surface area contributed by atoms with Crippen molar-refractivity contribution in [1.29, 1.82) is 0 Å². The van der Waals surface area contributed by atoms with Crippen molar-refractivity contribution in [2.75, 3.05) is 0 Å². The van der Waals surface area contributed by atoms with Gasteiger partial charge in [0, 0.05) is 24.3 Å². The van der Waals surface area contributed by atoms with Gasteiger partial charge in [-0.15, -0.1) is 0 Å². The first-order valence-corrected chi connectivity index (χ1v) is 5.57. The van der Waals surface area contributed by atoms with E-state index in [9.17, 15) is 0 Å². The Morgan fingerprint density at radius 2 is 2.33 bits per heavy atom. The summed E-state index contributed by atoms with van der Waals surface area (Å²) in [6, 6.07) is 5.69. The van der Waals surface area contributed by atoms with Gasteiger partial charge in [0.2, 0.25) is 4.80 Å². The van der Waals surface area contributed by atoms with E-state index in [0.717, 1.165) is 23.0 Å². The van der Waals surface area contributed by atoms with Gasteiger partial charge < -0.3 is 4.57 Å². The quantitative estimate of drug-likeness (QED) is 0.775. The molecule has 0 bridgehead atoms. The lowest BCUT2D eigenvalue weighted by Gasteiger charge is -1.97. The molecule has 2 aromatic rings. The van der Waals surface area contributed by atoms with Crippen LogP contribution in [0.1, 0.15) is 12.7 Å². The monoisotopic (exact) mass is 220 g/mol. The average molecular weight is 220 g/mol. The van der Waals surface area contributed by atoms with Gasteiger partial charge in [-0.25, -0.2) is 4.98 Å². The maximum Gasteiger partial charge on any atom is 0.210 e. The lowest BCUT2D eigenvalue weighted by Crippen LogP contribution is -2.14. The van der Waals surface area contributed by atoms with Gasteiger partial charge in [-0.05, 0) is 26.0 Å². The molecule has 78 valence electrons. The van der Waals surface area contributed by atoms with Crippen LogP contribution >= 0.6 is 11.5 Å². The van der Waals surface area contributed by atoms with E-state index in [0.29, 0.717) is 0 Å². The number of aryl methyl sites for hydroxylation is 1. The van der Waals surface area contributed by atoms with Crippen molar-refractivity contribution in [3.63, 3.8) is 0 Å². The first-order chi connectivity index (χ1) is 7.31. The summed E-state index contributed by atoms with van der Waals surface area (Å²) in [5, 5.41) is 0. The number of rotatable bonds is 2. The van der Waals surface area contributed by atoms with Crippen LogP contribution in [0.2, 0.25) is 0 Å². The van der Waals surface area contributed by atoms with Crippen molar-refractivity contribution < 1.29 is 0 Å². The zero-order valence-corrected chi connectivity index (χ0v) is 9.53. The number of hydrogen-bond donors (Lipinski definition) is 0. The Morgan fingerprint density at radius 1 is 1.47 bits per heavy atom. The van der Waals surface area contributed by atoms with Gasteiger partial charge in [0.1, 0.15) is 5.82 Å². The molecule has 15 heavy (non-hydrogen) atoms. The molecule has 0 amide bonds. The van der Waals surface area contributed by atoms with E-state index in [-0.39, 0.29) is 0 Å². The molecule has 0 atom stereocenters. The predicted molar refractivity (Wildman–Crippen MR) is 60.0 cm³/mol. The van der Waals surface area contributed by atoms with Crippen LogP contribution in [-0.4, -0.2) is 13.9 Å². The molecule has 0 aliphatic carbocycles. The van der Waals surface area contributed by atoms with Crippen LogP contribution in [0.4, 0.5) is 5.82 Å². The fourth-order valence-electron chi connectivity index (χ4n) is 1.31. The second-order valence-corrected chi connectivity index (χ2v) is 3.79. The second kappa shape index (κ2) is 4.35. The zero-order valence-electron chi connectivity index (χ0n) is 8.71. The lowest BCUT2D eigenvalue weighted by molar-refractivity contribution is 0.699. The van der Waals surface area contributed by atoms with E-state index >= 15 is 0 Å². The fraction of sp³-hybridized carbons (Fsp3) is 0.300. The summed E-state index contributed by atoms with van der Waals surface area (Å²) in [5.74, 6) is 1.72. The standard InChI is InChI=1S/C10H12N4S/c1-3-14-8(2)13-15-10(14)12-9-6-4-5-7-11-9/h4-7H,3H2,1-2H3/b12-10+. The number of hydrogen-bond acceptors (Lipinski definition) is 4. The first-order valence-electron chi connectivity index (χ1n) is 4.80. The summed E-state index contributed by atoms with van der Waals surface area (Å²) >= 11 is 1.40. The molecule has 0 N–H and O–H groups in total. The van der Waals surface area contributed by atoms with Crippen molar-refractivity contribution in [2.45, 2.75) is 20.4 Å². The predicted octanol–water partition coefficient (Wildman–Crippen LogP) is 1.90.